The van der Waals surface area contributed by atoms with Gasteiger partial charge in [0.05, 0.1) is 11.6 Å². The van der Waals surface area contributed by atoms with Crippen molar-refractivity contribution in [2.24, 2.45) is 0 Å². The molecule has 1 saturated heterocycles. The molecule has 0 aliphatic carbocycles. The third-order valence-corrected chi connectivity index (χ3v) is 7.18. The van der Waals surface area contributed by atoms with Gasteiger partial charge in [-0.3, -0.25) is 0 Å². The number of rotatable bonds is 8. The van der Waals surface area contributed by atoms with Crippen molar-refractivity contribution in [1.29, 1.82) is 0 Å². The zero-order chi connectivity index (χ0) is 25.4. The summed E-state index contributed by atoms with van der Waals surface area (Å²) in [5, 5.41) is 11.5. The van der Waals surface area contributed by atoms with E-state index < -0.39 is 6.10 Å². The van der Waals surface area contributed by atoms with Crippen molar-refractivity contribution < 1.29 is 28.2 Å². The standard InChI is InChI=1S/C29H32N2O6/c1-18(2)28-14-30-29(37-28)27-13-22-23(4-3-5-24(22)36-27)33-16-21(32)15-31-10-8-19(9-11-31)20-6-7-25-26(12-20)35-17-34-25/h3-7,12-14,18-19,21,32H,8-11,15-17H2,1-2H3. The van der Waals surface area contributed by atoms with Crippen molar-refractivity contribution in [3.05, 3.63) is 60.0 Å². The summed E-state index contributed by atoms with van der Waals surface area (Å²) in [6.45, 7) is 7.07. The predicted molar refractivity (Wildman–Crippen MR) is 138 cm³/mol. The highest BCUT2D eigenvalue weighted by molar-refractivity contribution is 5.87. The van der Waals surface area contributed by atoms with Crippen molar-refractivity contribution in [2.45, 2.75) is 44.6 Å². The summed E-state index contributed by atoms with van der Waals surface area (Å²) in [4.78, 5) is 6.66. The first kappa shape index (κ1) is 23.9. The van der Waals surface area contributed by atoms with Crippen molar-refractivity contribution in [2.75, 3.05) is 33.0 Å². The number of hydrogen-bond acceptors (Lipinski definition) is 8. The molecule has 1 fully saturated rings. The van der Waals surface area contributed by atoms with E-state index in [9.17, 15) is 5.11 Å². The summed E-state index contributed by atoms with van der Waals surface area (Å²) in [7, 11) is 0. The predicted octanol–water partition coefficient (Wildman–Crippen LogP) is 5.56. The van der Waals surface area contributed by atoms with E-state index in [0.29, 0.717) is 42.2 Å². The van der Waals surface area contributed by atoms with Crippen LogP contribution in [0.2, 0.25) is 0 Å². The molecule has 8 heteroatoms. The molecule has 2 aliphatic rings. The van der Waals surface area contributed by atoms with Gasteiger partial charge in [0.1, 0.15) is 29.8 Å². The summed E-state index contributed by atoms with van der Waals surface area (Å²) in [6.07, 6.45) is 3.23. The van der Waals surface area contributed by atoms with Crippen LogP contribution in [0.25, 0.3) is 22.6 Å². The van der Waals surface area contributed by atoms with E-state index in [4.69, 9.17) is 23.0 Å². The number of aromatic nitrogens is 1. The molecule has 6 rings (SSSR count). The number of oxazole rings is 1. The van der Waals surface area contributed by atoms with Gasteiger partial charge in [-0.25, -0.2) is 4.98 Å². The Bertz CT molecular complexity index is 1370. The van der Waals surface area contributed by atoms with Gasteiger partial charge < -0.3 is 33.1 Å². The molecule has 8 nitrogen and oxygen atoms in total. The van der Waals surface area contributed by atoms with Crippen LogP contribution in [0.3, 0.4) is 0 Å². The molecule has 1 N–H and O–H groups in total. The third-order valence-electron chi connectivity index (χ3n) is 7.18. The number of fused-ring (bicyclic) bond motifs is 2. The maximum absolute atomic E-state index is 10.7. The van der Waals surface area contributed by atoms with Gasteiger partial charge in [0.15, 0.2) is 17.3 Å². The topological polar surface area (TPSA) is 90.3 Å². The van der Waals surface area contributed by atoms with Gasteiger partial charge in [0, 0.05) is 18.5 Å². The smallest absolute Gasteiger partial charge is 0.263 e. The highest BCUT2D eigenvalue weighted by Gasteiger charge is 2.24. The van der Waals surface area contributed by atoms with Crippen molar-refractivity contribution in [3.63, 3.8) is 0 Å². The third kappa shape index (κ3) is 5.04. The first-order valence-electron chi connectivity index (χ1n) is 12.9. The van der Waals surface area contributed by atoms with Crippen LogP contribution in [0.4, 0.5) is 0 Å². The van der Waals surface area contributed by atoms with Gasteiger partial charge in [-0.2, -0.15) is 0 Å². The Hall–Kier alpha value is -3.49. The average Bonchev–Trinajstić information content (AvgIpc) is 3.66. The van der Waals surface area contributed by atoms with E-state index in [1.165, 1.54) is 5.56 Å². The number of likely N-dealkylation sites (tertiary alicyclic amines) is 1. The largest absolute Gasteiger partial charge is 0.490 e. The van der Waals surface area contributed by atoms with Crippen LogP contribution >= 0.6 is 0 Å². The zero-order valence-electron chi connectivity index (χ0n) is 21.2. The first-order chi connectivity index (χ1) is 18.0. The lowest BCUT2D eigenvalue weighted by Gasteiger charge is -2.33. The summed E-state index contributed by atoms with van der Waals surface area (Å²) in [5.74, 6) is 4.91. The van der Waals surface area contributed by atoms with Crippen LogP contribution in [0, 0.1) is 0 Å². The molecule has 194 valence electrons. The summed E-state index contributed by atoms with van der Waals surface area (Å²) in [5.41, 5.74) is 1.99. The monoisotopic (exact) mass is 504 g/mol. The van der Waals surface area contributed by atoms with Crippen LogP contribution in [0.5, 0.6) is 17.2 Å². The van der Waals surface area contributed by atoms with Gasteiger partial charge in [0.2, 0.25) is 6.79 Å². The minimum atomic E-state index is -0.593. The number of benzene rings is 2. The molecule has 1 unspecified atom stereocenters. The van der Waals surface area contributed by atoms with Crippen molar-refractivity contribution >= 4 is 11.0 Å². The fraction of sp³-hybridized carbons (Fsp3) is 0.414. The van der Waals surface area contributed by atoms with Crippen LogP contribution in [-0.2, 0) is 0 Å². The Morgan fingerprint density at radius 3 is 2.70 bits per heavy atom. The minimum Gasteiger partial charge on any atom is -0.490 e. The van der Waals surface area contributed by atoms with Crippen molar-refractivity contribution in [3.8, 4) is 28.9 Å². The zero-order valence-corrected chi connectivity index (χ0v) is 21.2. The molecule has 2 aromatic carbocycles. The van der Waals surface area contributed by atoms with Crippen LogP contribution in [0.15, 0.2) is 57.5 Å². The molecule has 4 heterocycles. The molecule has 1 atom stereocenters. The Kier molecular flexibility index (Phi) is 6.52. The van der Waals surface area contributed by atoms with E-state index >= 15 is 0 Å². The maximum atomic E-state index is 10.7. The molecule has 0 bridgehead atoms. The molecule has 2 aromatic heterocycles. The number of nitrogens with zero attached hydrogens (tertiary/aromatic N) is 2. The molecule has 2 aliphatic heterocycles. The number of aliphatic hydroxyl groups is 1. The average molecular weight is 505 g/mol. The number of ether oxygens (including phenoxy) is 3. The fourth-order valence-electron chi connectivity index (χ4n) is 5.09. The van der Waals surface area contributed by atoms with E-state index in [0.717, 1.165) is 48.6 Å². The lowest BCUT2D eigenvalue weighted by molar-refractivity contribution is 0.0599. The fourth-order valence-corrected chi connectivity index (χ4v) is 5.09. The van der Waals surface area contributed by atoms with Crippen LogP contribution in [-0.4, -0.2) is 54.1 Å². The van der Waals surface area contributed by atoms with Gasteiger partial charge >= 0.3 is 0 Å². The minimum absolute atomic E-state index is 0.207. The second-order valence-corrected chi connectivity index (χ2v) is 10.2. The molecular weight excluding hydrogens is 472 g/mol. The molecule has 0 saturated carbocycles. The van der Waals surface area contributed by atoms with E-state index in [1.54, 1.807) is 6.20 Å². The Balaban J connectivity index is 1.03. The number of hydrogen-bond donors (Lipinski definition) is 1. The first-order valence-corrected chi connectivity index (χ1v) is 12.9. The quantitative estimate of drug-likeness (QED) is 0.334. The number of β-amino-alcohol motifs (C(OH)–C–C–N with tert-alkyl or cyclic N) is 1. The lowest BCUT2D eigenvalue weighted by atomic mass is 9.89. The highest BCUT2D eigenvalue weighted by atomic mass is 16.7. The molecule has 0 radical (unpaired) electrons. The molecule has 37 heavy (non-hydrogen) atoms. The van der Waals surface area contributed by atoms with Crippen LogP contribution < -0.4 is 14.2 Å². The Morgan fingerprint density at radius 2 is 1.89 bits per heavy atom. The second-order valence-electron chi connectivity index (χ2n) is 10.2. The van der Waals surface area contributed by atoms with Crippen molar-refractivity contribution in [1.82, 2.24) is 9.88 Å². The summed E-state index contributed by atoms with van der Waals surface area (Å²) in [6, 6.07) is 13.8. The van der Waals surface area contributed by atoms with Gasteiger partial charge in [0.25, 0.3) is 5.89 Å². The second kappa shape index (κ2) is 10.1. The van der Waals surface area contributed by atoms with Gasteiger partial charge in [-0.15, -0.1) is 0 Å². The van der Waals surface area contributed by atoms with Gasteiger partial charge in [-0.05, 0) is 61.7 Å². The SMILES string of the molecule is CC(C)c1cnc(-c2cc3c(OCC(O)CN4CCC(c5ccc6c(c5)OCO6)CC4)cccc3o2)o1. The molecule has 4 aromatic rings. The Morgan fingerprint density at radius 1 is 1.05 bits per heavy atom. The van der Waals surface area contributed by atoms with Gasteiger partial charge in [-0.1, -0.05) is 26.0 Å². The maximum Gasteiger partial charge on any atom is 0.263 e. The van der Waals surface area contributed by atoms with Crippen LogP contribution in [0.1, 0.15) is 49.8 Å². The number of piperidine rings is 1. The summed E-state index contributed by atoms with van der Waals surface area (Å²) >= 11 is 0. The molecular formula is C29H32N2O6. The summed E-state index contributed by atoms with van der Waals surface area (Å²) < 4.78 is 28.8. The normalized spacial score (nSPS) is 17.1. The number of furan rings is 1. The van der Waals surface area contributed by atoms with E-state index in [2.05, 4.69) is 35.9 Å². The number of aliphatic hydroxyl groups excluding tert-OH is 1. The molecule has 0 amide bonds. The molecule has 0 spiro atoms. The van der Waals surface area contributed by atoms with E-state index in [-0.39, 0.29) is 12.5 Å². The van der Waals surface area contributed by atoms with E-state index in [1.807, 2.05) is 30.3 Å². The lowest BCUT2D eigenvalue weighted by Crippen LogP contribution is -2.40. The highest BCUT2D eigenvalue weighted by Crippen LogP contribution is 2.38. The Labute approximate surface area is 215 Å².